The predicted molar refractivity (Wildman–Crippen MR) is 82.0 cm³/mol. The van der Waals surface area contributed by atoms with Crippen LogP contribution in [0.25, 0.3) is 0 Å². The molecule has 100 valence electrons. The zero-order valence-electron chi connectivity index (χ0n) is 10.8. The van der Waals surface area contributed by atoms with Crippen molar-refractivity contribution in [3.8, 4) is 0 Å². The lowest BCUT2D eigenvalue weighted by Gasteiger charge is -2.30. The van der Waals surface area contributed by atoms with Crippen molar-refractivity contribution in [2.75, 3.05) is 5.32 Å². The van der Waals surface area contributed by atoms with Crippen molar-refractivity contribution in [1.82, 2.24) is 0 Å². The van der Waals surface area contributed by atoms with Crippen LogP contribution in [-0.2, 0) is 10.3 Å². The summed E-state index contributed by atoms with van der Waals surface area (Å²) in [6.45, 7) is 0. The highest BCUT2D eigenvalue weighted by atomic mass is 35.5. The summed E-state index contributed by atoms with van der Waals surface area (Å²) in [5.41, 5.74) is 1.15. The maximum absolute atomic E-state index is 12.4. The fourth-order valence-corrected chi connectivity index (χ4v) is 2.66. The summed E-state index contributed by atoms with van der Waals surface area (Å²) in [7, 11) is 0. The highest BCUT2D eigenvalue weighted by Crippen LogP contribution is 2.36. The molecule has 1 aliphatic rings. The molecule has 0 bridgehead atoms. The van der Waals surface area contributed by atoms with Gasteiger partial charge in [-0.05, 0) is 35.9 Å². The van der Waals surface area contributed by atoms with E-state index >= 15 is 0 Å². The number of carbonyl (C=O) groups is 1. The van der Waals surface area contributed by atoms with Crippen molar-refractivity contribution in [2.45, 2.75) is 12.0 Å². The van der Waals surface area contributed by atoms with Crippen LogP contribution in [0.4, 0.5) is 5.69 Å². The maximum Gasteiger partial charge on any atom is 0.185 e. The van der Waals surface area contributed by atoms with Crippen LogP contribution in [-0.4, -0.2) is 5.78 Å². The second-order valence-electron chi connectivity index (χ2n) is 4.87. The van der Waals surface area contributed by atoms with E-state index in [1.165, 1.54) is 0 Å². The number of benzene rings is 2. The van der Waals surface area contributed by atoms with E-state index in [1.807, 2.05) is 60.7 Å². The number of hydrogen-bond donors (Lipinski definition) is 1. The number of ketones is 1. The average molecular weight is 284 g/mol. The van der Waals surface area contributed by atoms with Gasteiger partial charge in [0.2, 0.25) is 0 Å². The first-order valence-electron chi connectivity index (χ1n) is 6.51. The molecule has 0 amide bonds. The number of anilines is 1. The van der Waals surface area contributed by atoms with Gasteiger partial charge in [-0.25, -0.2) is 0 Å². The first kappa shape index (κ1) is 12.9. The Morgan fingerprint density at radius 3 is 2.30 bits per heavy atom. The van der Waals surface area contributed by atoms with Crippen LogP contribution in [0.1, 0.15) is 12.0 Å². The van der Waals surface area contributed by atoms with Crippen LogP contribution in [0.5, 0.6) is 0 Å². The van der Waals surface area contributed by atoms with Crippen molar-refractivity contribution in [3.05, 3.63) is 77.3 Å². The molecule has 0 aliphatic heterocycles. The van der Waals surface area contributed by atoms with Crippen LogP contribution >= 0.6 is 11.6 Å². The minimum Gasteiger partial charge on any atom is -0.369 e. The number of rotatable bonds is 3. The van der Waals surface area contributed by atoms with Gasteiger partial charge in [-0.3, -0.25) is 4.79 Å². The lowest BCUT2D eigenvalue weighted by atomic mass is 9.86. The van der Waals surface area contributed by atoms with E-state index in [-0.39, 0.29) is 5.78 Å². The standard InChI is InChI=1S/C17H14ClNO/c18-14-10-8-13(9-11-14)17(12-4-7-16(17)20)19-15-5-2-1-3-6-15/h1-11,19H,12H2. The molecule has 1 N–H and O–H groups in total. The van der Waals surface area contributed by atoms with Crippen molar-refractivity contribution in [3.63, 3.8) is 0 Å². The van der Waals surface area contributed by atoms with Gasteiger partial charge in [0.05, 0.1) is 0 Å². The summed E-state index contributed by atoms with van der Waals surface area (Å²) >= 11 is 5.94. The van der Waals surface area contributed by atoms with E-state index in [1.54, 1.807) is 6.08 Å². The van der Waals surface area contributed by atoms with E-state index in [0.717, 1.165) is 11.3 Å². The molecular formula is C17H14ClNO. The van der Waals surface area contributed by atoms with Crippen molar-refractivity contribution in [1.29, 1.82) is 0 Å². The molecule has 0 aromatic heterocycles. The molecule has 0 radical (unpaired) electrons. The monoisotopic (exact) mass is 283 g/mol. The second kappa shape index (κ2) is 5.14. The Hall–Kier alpha value is -2.06. The number of nitrogens with one attached hydrogen (secondary N) is 1. The Morgan fingerprint density at radius 2 is 1.70 bits per heavy atom. The van der Waals surface area contributed by atoms with E-state index in [2.05, 4.69) is 5.32 Å². The third-order valence-electron chi connectivity index (χ3n) is 3.58. The number of carbonyl (C=O) groups excluding carboxylic acids is 1. The van der Waals surface area contributed by atoms with Crippen LogP contribution in [0.2, 0.25) is 5.02 Å². The minimum atomic E-state index is -0.716. The highest BCUT2D eigenvalue weighted by Gasteiger charge is 2.40. The number of hydrogen-bond acceptors (Lipinski definition) is 2. The molecule has 1 aliphatic carbocycles. The molecule has 1 unspecified atom stereocenters. The van der Waals surface area contributed by atoms with Gasteiger partial charge in [-0.15, -0.1) is 0 Å². The van der Waals surface area contributed by atoms with Crippen LogP contribution in [0.15, 0.2) is 66.7 Å². The Bertz CT molecular complexity index is 648. The molecule has 1 atom stereocenters. The molecule has 0 fully saturated rings. The van der Waals surface area contributed by atoms with E-state index < -0.39 is 5.54 Å². The highest BCUT2D eigenvalue weighted by molar-refractivity contribution is 6.30. The lowest BCUT2D eigenvalue weighted by Crippen LogP contribution is -2.39. The summed E-state index contributed by atoms with van der Waals surface area (Å²) in [6, 6.07) is 17.2. The van der Waals surface area contributed by atoms with Gasteiger partial charge >= 0.3 is 0 Å². The molecule has 3 heteroatoms. The topological polar surface area (TPSA) is 29.1 Å². The summed E-state index contributed by atoms with van der Waals surface area (Å²) in [5, 5.41) is 4.05. The first-order valence-corrected chi connectivity index (χ1v) is 6.89. The number of halogens is 1. The lowest BCUT2D eigenvalue weighted by molar-refractivity contribution is -0.118. The van der Waals surface area contributed by atoms with Crippen molar-refractivity contribution < 1.29 is 4.79 Å². The van der Waals surface area contributed by atoms with Crippen LogP contribution < -0.4 is 5.32 Å². The first-order chi connectivity index (χ1) is 9.71. The third-order valence-corrected chi connectivity index (χ3v) is 3.83. The SMILES string of the molecule is O=C1C=CCC1(Nc1ccccc1)c1ccc(Cl)cc1. The van der Waals surface area contributed by atoms with E-state index in [0.29, 0.717) is 11.4 Å². The summed E-state index contributed by atoms with van der Waals surface area (Å²) in [5.74, 6) is 0.0728. The quantitative estimate of drug-likeness (QED) is 0.916. The zero-order valence-corrected chi connectivity index (χ0v) is 11.6. The Morgan fingerprint density at radius 1 is 1.00 bits per heavy atom. The van der Waals surface area contributed by atoms with Gasteiger partial charge in [-0.2, -0.15) is 0 Å². The van der Waals surface area contributed by atoms with Crippen molar-refractivity contribution >= 4 is 23.1 Å². The molecule has 20 heavy (non-hydrogen) atoms. The van der Waals surface area contributed by atoms with E-state index in [9.17, 15) is 4.79 Å². The molecule has 2 nitrogen and oxygen atoms in total. The van der Waals surface area contributed by atoms with Crippen molar-refractivity contribution in [2.24, 2.45) is 0 Å². The Labute approximate surface area is 123 Å². The minimum absolute atomic E-state index is 0.0728. The molecule has 0 saturated heterocycles. The van der Waals surface area contributed by atoms with Gasteiger partial charge in [0, 0.05) is 17.1 Å². The number of para-hydroxylation sites is 1. The van der Waals surface area contributed by atoms with Gasteiger partial charge < -0.3 is 5.32 Å². The van der Waals surface area contributed by atoms with E-state index in [4.69, 9.17) is 11.6 Å². The Kier molecular flexibility index (Phi) is 3.33. The normalized spacial score (nSPS) is 21.1. The second-order valence-corrected chi connectivity index (χ2v) is 5.31. The molecule has 0 spiro atoms. The van der Waals surface area contributed by atoms with Gasteiger partial charge in [0.15, 0.2) is 5.78 Å². The smallest absolute Gasteiger partial charge is 0.185 e. The zero-order chi connectivity index (χ0) is 14.0. The van der Waals surface area contributed by atoms with Gasteiger partial charge in [0.25, 0.3) is 0 Å². The van der Waals surface area contributed by atoms with Crippen LogP contribution in [0, 0.1) is 0 Å². The Balaban J connectivity index is 2.02. The largest absolute Gasteiger partial charge is 0.369 e. The van der Waals surface area contributed by atoms with Gasteiger partial charge in [-0.1, -0.05) is 48.0 Å². The third kappa shape index (κ3) is 2.23. The predicted octanol–water partition coefficient (Wildman–Crippen LogP) is 4.18. The average Bonchev–Trinajstić information content (AvgIpc) is 2.83. The molecule has 0 heterocycles. The summed E-state index contributed by atoms with van der Waals surface area (Å²) in [4.78, 5) is 12.4. The molecule has 0 saturated carbocycles. The maximum atomic E-state index is 12.4. The molecule has 2 aromatic carbocycles. The molecule has 3 rings (SSSR count). The summed E-state index contributed by atoms with van der Waals surface area (Å²) in [6.07, 6.45) is 4.19. The molecule has 2 aromatic rings. The van der Waals surface area contributed by atoms with Gasteiger partial charge in [0.1, 0.15) is 5.54 Å². The molecular weight excluding hydrogens is 270 g/mol. The fraction of sp³-hybridized carbons (Fsp3) is 0.118. The fourth-order valence-electron chi connectivity index (χ4n) is 2.53. The van der Waals surface area contributed by atoms with Crippen LogP contribution in [0.3, 0.4) is 0 Å². The summed E-state index contributed by atoms with van der Waals surface area (Å²) < 4.78 is 0.